The topological polar surface area (TPSA) is 79.1 Å². The number of carbonyl (C=O) groups excluding carboxylic acids is 1. The molecular formula is C18H30N4O3. The normalized spacial score (nSPS) is 21.6. The molecule has 25 heavy (non-hydrogen) atoms. The maximum atomic E-state index is 11.7. The molecule has 0 spiro atoms. The van der Waals surface area contributed by atoms with Crippen molar-refractivity contribution in [2.75, 3.05) is 27.2 Å². The summed E-state index contributed by atoms with van der Waals surface area (Å²) in [5, 5.41) is 6.74. The molecule has 1 aliphatic rings. The van der Waals surface area contributed by atoms with Crippen LogP contribution in [-0.2, 0) is 11.3 Å². The van der Waals surface area contributed by atoms with Gasteiger partial charge in [0, 0.05) is 32.2 Å². The molecule has 1 saturated heterocycles. The van der Waals surface area contributed by atoms with Crippen LogP contribution < -0.4 is 10.6 Å². The van der Waals surface area contributed by atoms with E-state index in [1.807, 2.05) is 0 Å². The Morgan fingerprint density at radius 2 is 2.20 bits per heavy atom. The fraction of sp³-hybridized carbons (Fsp3) is 0.667. The van der Waals surface area contributed by atoms with E-state index < -0.39 is 0 Å². The van der Waals surface area contributed by atoms with Crippen molar-refractivity contribution in [3.05, 3.63) is 23.2 Å². The summed E-state index contributed by atoms with van der Waals surface area (Å²) in [6.07, 6.45) is 0. The summed E-state index contributed by atoms with van der Waals surface area (Å²) in [6.45, 7) is 11.0. The number of ether oxygens (including phenoxy) is 1. The van der Waals surface area contributed by atoms with E-state index in [0.717, 1.165) is 19.0 Å². The number of methoxy groups -OCH3 is 1. The Morgan fingerprint density at radius 3 is 2.76 bits per heavy atom. The first-order valence-corrected chi connectivity index (χ1v) is 8.74. The first-order chi connectivity index (χ1) is 11.8. The zero-order valence-electron chi connectivity index (χ0n) is 16.0. The Morgan fingerprint density at radius 1 is 1.48 bits per heavy atom. The molecule has 0 radical (unpaired) electrons. The van der Waals surface area contributed by atoms with Gasteiger partial charge in [-0.3, -0.25) is 9.89 Å². The van der Waals surface area contributed by atoms with Gasteiger partial charge in [0.1, 0.15) is 17.1 Å². The number of furan rings is 1. The minimum absolute atomic E-state index is 0.359. The lowest BCUT2D eigenvalue weighted by molar-refractivity contribution is 0.0599. The Labute approximate surface area is 149 Å². The molecule has 2 heterocycles. The molecule has 0 amide bonds. The maximum absolute atomic E-state index is 11.7. The van der Waals surface area contributed by atoms with Crippen LogP contribution in [0.3, 0.4) is 0 Å². The highest BCUT2D eigenvalue weighted by atomic mass is 16.5. The van der Waals surface area contributed by atoms with Crippen LogP contribution in [0.2, 0.25) is 0 Å². The van der Waals surface area contributed by atoms with E-state index in [2.05, 4.69) is 41.3 Å². The quantitative estimate of drug-likeness (QED) is 0.479. The predicted molar refractivity (Wildman–Crippen MR) is 97.8 cm³/mol. The lowest BCUT2D eigenvalue weighted by Crippen LogP contribution is -2.46. The number of nitrogens with one attached hydrogen (secondary N) is 2. The molecule has 7 nitrogen and oxygen atoms in total. The van der Waals surface area contributed by atoms with Gasteiger partial charge >= 0.3 is 5.97 Å². The van der Waals surface area contributed by atoms with Crippen LogP contribution in [0, 0.1) is 12.8 Å². The van der Waals surface area contributed by atoms with Crippen molar-refractivity contribution in [1.29, 1.82) is 0 Å². The highest BCUT2D eigenvalue weighted by Gasteiger charge is 2.31. The Hall–Kier alpha value is -2.02. The van der Waals surface area contributed by atoms with Crippen molar-refractivity contribution in [1.82, 2.24) is 15.5 Å². The predicted octanol–water partition coefficient (Wildman–Crippen LogP) is 1.77. The zero-order chi connectivity index (χ0) is 18.6. The van der Waals surface area contributed by atoms with Gasteiger partial charge < -0.3 is 19.8 Å². The van der Waals surface area contributed by atoms with E-state index in [-0.39, 0.29) is 5.97 Å². The van der Waals surface area contributed by atoms with Crippen LogP contribution in [0.5, 0.6) is 0 Å². The number of rotatable bonds is 5. The van der Waals surface area contributed by atoms with Crippen molar-refractivity contribution in [3.8, 4) is 0 Å². The smallest absolute Gasteiger partial charge is 0.341 e. The van der Waals surface area contributed by atoms with Crippen molar-refractivity contribution < 1.29 is 13.9 Å². The Bertz CT molecular complexity index is 624. The van der Waals surface area contributed by atoms with Crippen LogP contribution in [-0.4, -0.2) is 56.2 Å². The van der Waals surface area contributed by atoms with Gasteiger partial charge in [-0.1, -0.05) is 6.92 Å². The maximum Gasteiger partial charge on any atom is 0.341 e. The fourth-order valence-electron chi connectivity index (χ4n) is 3.10. The second kappa shape index (κ2) is 8.38. The number of likely N-dealkylation sites (tertiary alicyclic amines) is 1. The van der Waals surface area contributed by atoms with Crippen LogP contribution in [0.25, 0.3) is 0 Å². The molecule has 2 unspecified atom stereocenters. The first-order valence-electron chi connectivity index (χ1n) is 8.74. The highest BCUT2D eigenvalue weighted by molar-refractivity contribution is 5.90. The molecule has 1 aromatic rings. The molecule has 7 heteroatoms. The number of nitrogens with zero attached hydrogens (tertiary/aromatic N) is 2. The number of guanidine groups is 1. The van der Waals surface area contributed by atoms with Crippen molar-refractivity contribution >= 4 is 11.9 Å². The van der Waals surface area contributed by atoms with E-state index in [0.29, 0.717) is 41.6 Å². The number of carbonyl (C=O) groups is 1. The second-order valence-electron chi connectivity index (χ2n) is 6.88. The molecule has 0 aliphatic carbocycles. The van der Waals surface area contributed by atoms with Gasteiger partial charge in [-0.05, 0) is 32.8 Å². The van der Waals surface area contributed by atoms with Gasteiger partial charge in [0.15, 0.2) is 5.96 Å². The molecule has 1 aliphatic heterocycles. The molecule has 0 aromatic carbocycles. The minimum Gasteiger partial charge on any atom is -0.465 e. The third-order valence-corrected chi connectivity index (χ3v) is 4.72. The summed E-state index contributed by atoms with van der Waals surface area (Å²) in [5.74, 6) is 2.13. The third-order valence-electron chi connectivity index (χ3n) is 4.72. The Balaban J connectivity index is 1.92. The van der Waals surface area contributed by atoms with Gasteiger partial charge in [0.2, 0.25) is 0 Å². The average molecular weight is 350 g/mol. The molecule has 0 bridgehead atoms. The molecule has 0 saturated carbocycles. The summed E-state index contributed by atoms with van der Waals surface area (Å²) in [7, 11) is 3.12. The average Bonchev–Trinajstić information content (AvgIpc) is 3.13. The molecule has 1 fully saturated rings. The van der Waals surface area contributed by atoms with E-state index >= 15 is 0 Å². The number of aryl methyl sites for hydroxylation is 1. The summed E-state index contributed by atoms with van der Waals surface area (Å²) in [4.78, 5) is 18.4. The molecule has 140 valence electrons. The second-order valence-corrected chi connectivity index (χ2v) is 6.88. The number of aliphatic imine (C=N–C) groups is 1. The van der Waals surface area contributed by atoms with E-state index in [1.165, 1.54) is 7.11 Å². The van der Waals surface area contributed by atoms with Gasteiger partial charge in [-0.25, -0.2) is 4.79 Å². The third kappa shape index (κ3) is 4.75. The van der Waals surface area contributed by atoms with Crippen molar-refractivity contribution in [2.45, 2.75) is 46.3 Å². The Kier molecular flexibility index (Phi) is 6.47. The molecule has 2 atom stereocenters. The minimum atomic E-state index is -0.386. The van der Waals surface area contributed by atoms with Crippen molar-refractivity contribution in [2.24, 2.45) is 10.9 Å². The van der Waals surface area contributed by atoms with Crippen LogP contribution >= 0.6 is 0 Å². The summed E-state index contributed by atoms with van der Waals surface area (Å²) in [6, 6.07) is 2.62. The zero-order valence-corrected chi connectivity index (χ0v) is 16.0. The summed E-state index contributed by atoms with van der Waals surface area (Å²) >= 11 is 0. The molecule has 1 aromatic heterocycles. The van der Waals surface area contributed by atoms with Crippen LogP contribution in [0.1, 0.15) is 42.6 Å². The molecular weight excluding hydrogens is 320 g/mol. The highest BCUT2D eigenvalue weighted by Crippen LogP contribution is 2.19. The SMILES string of the molecule is CN=C(NCc1cc(C(=O)OC)c(C)o1)NC1CN(C(C)C)CC1C. The molecule has 2 N–H and O–H groups in total. The lowest BCUT2D eigenvalue weighted by atomic mass is 10.1. The number of esters is 1. The van der Waals surface area contributed by atoms with E-state index in [9.17, 15) is 4.79 Å². The van der Waals surface area contributed by atoms with Gasteiger partial charge in [-0.2, -0.15) is 0 Å². The monoisotopic (exact) mass is 350 g/mol. The largest absolute Gasteiger partial charge is 0.465 e. The first kappa shape index (κ1) is 19.3. The van der Waals surface area contributed by atoms with Gasteiger partial charge in [0.25, 0.3) is 0 Å². The van der Waals surface area contributed by atoms with E-state index in [4.69, 9.17) is 9.15 Å². The van der Waals surface area contributed by atoms with E-state index in [1.54, 1.807) is 20.0 Å². The van der Waals surface area contributed by atoms with Crippen LogP contribution in [0.15, 0.2) is 15.5 Å². The molecule has 2 rings (SSSR count). The lowest BCUT2D eigenvalue weighted by Gasteiger charge is -2.21. The number of hydrogen-bond donors (Lipinski definition) is 2. The van der Waals surface area contributed by atoms with Crippen molar-refractivity contribution in [3.63, 3.8) is 0 Å². The van der Waals surface area contributed by atoms with Gasteiger partial charge in [0.05, 0.1) is 13.7 Å². The fourth-order valence-corrected chi connectivity index (χ4v) is 3.10. The van der Waals surface area contributed by atoms with Crippen LogP contribution in [0.4, 0.5) is 0 Å². The standard InChI is InChI=1S/C18H30N4O3/c1-11(2)22-9-12(3)16(10-22)21-18(19-5)20-8-14-7-15(13(4)25-14)17(23)24-6/h7,11-12,16H,8-10H2,1-6H3,(H2,19,20,21). The summed E-state index contributed by atoms with van der Waals surface area (Å²) < 4.78 is 10.4. The number of hydrogen-bond acceptors (Lipinski definition) is 5. The summed E-state index contributed by atoms with van der Waals surface area (Å²) in [5.41, 5.74) is 0.458. The van der Waals surface area contributed by atoms with Gasteiger partial charge in [-0.15, -0.1) is 0 Å².